The maximum absolute atomic E-state index is 13.0. The molecule has 0 aliphatic carbocycles. The number of benzene rings is 2. The van der Waals surface area contributed by atoms with E-state index in [0.29, 0.717) is 18.7 Å². The van der Waals surface area contributed by atoms with E-state index in [4.69, 9.17) is 4.42 Å². The average Bonchev–Trinajstić information content (AvgIpc) is 3.42. The number of hydrogen-bond donors (Lipinski definition) is 0. The molecule has 0 saturated heterocycles. The lowest BCUT2D eigenvalue weighted by atomic mass is 10.1. The highest BCUT2D eigenvalue weighted by atomic mass is 16.3. The first-order chi connectivity index (χ1) is 14.6. The van der Waals surface area contributed by atoms with E-state index in [-0.39, 0.29) is 11.7 Å². The van der Waals surface area contributed by atoms with Crippen LogP contribution in [0.3, 0.4) is 0 Å². The van der Waals surface area contributed by atoms with Crippen LogP contribution in [-0.2, 0) is 19.4 Å². The van der Waals surface area contributed by atoms with Crippen LogP contribution >= 0.6 is 0 Å². The minimum atomic E-state index is -0.237. The van der Waals surface area contributed by atoms with Crippen LogP contribution in [0.5, 0.6) is 0 Å². The van der Waals surface area contributed by atoms with E-state index >= 15 is 0 Å². The molecule has 152 valence electrons. The second-order valence-electron chi connectivity index (χ2n) is 7.33. The van der Waals surface area contributed by atoms with Crippen LogP contribution in [0.15, 0.2) is 77.4 Å². The van der Waals surface area contributed by atoms with Gasteiger partial charge in [-0.3, -0.25) is 4.79 Å². The predicted molar refractivity (Wildman–Crippen MR) is 114 cm³/mol. The third kappa shape index (κ3) is 4.49. The van der Waals surface area contributed by atoms with E-state index < -0.39 is 0 Å². The molecule has 30 heavy (non-hydrogen) atoms. The molecule has 4 rings (SSSR count). The zero-order valence-corrected chi connectivity index (χ0v) is 17.2. The average molecular weight is 400 g/mol. The number of carbonyl (C=O) groups is 1. The van der Waals surface area contributed by atoms with Crippen molar-refractivity contribution in [1.82, 2.24) is 19.7 Å². The van der Waals surface area contributed by atoms with Gasteiger partial charge in [-0.15, -0.1) is 5.10 Å². The van der Waals surface area contributed by atoms with Crippen molar-refractivity contribution in [2.24, 2.45) is 0 Å². The van der Waals surface area contributed by atoms with Crippen molar-refractivity contribution in [3.8, 4) is 5.69 Å². The van der Waals surface area contributed by atoms with Gasteiger partial charge in [0, 0.05) is 13.5 Å². The number of nitrogens with zero attached hydrogens (tertiary/aromatic N) is 4. The molecule has 6 nitrogen and oxygen atoms in total. The fourth-order valence-corrected chi connectivity index (χ4v) is 3.34. The zero-order valence-electron chi connectivity index (χ0n) is 17.2. The monoisotopic (exact) mass is 400 g/mol. The van der Waals surface area contributed by atoms with Crippen LogP contribution in [0.1, 0.15) is 33.3 Å². The molecule has 0 aliphatic rings. The zero-order chi connectivity index (χ0) is 20.9. The summed E-state index contributed by atoms with van der Waals surface area (Å²) in [6, 6.07) is 21.9. The number of aryl methyl sites for hydroxylation is 3. The minimum absolute atomic E-state index is 0.189. The van der Waals surface area contributed by atoms with E-state index in [1.807, 2.05) is 55.5 Å². The van der Waals surface area contributed by atoms with Gasteiger partial charge in [0.2, 0.25) is 5.82 Å². The van der Waals surface area contributed by atoms with Crippen molar-refractivity contribution >= 4 is 5.91 Å². The summed E-state index contributed by atoms with van der Waals surface area (Å²) < 4.78 is 7.13. The molecule has 0 saturated carbocycles. The molecule has 0 aliphatic heterocycles. The molecule has 0 atom stereocenters. The fourth-order valence-electron chi connectivity index (χ4n) is 3.34. The van der Waals surface area contributed by atoms with Crippen molar-refractivity contribution in [3.05, 3.63) is 102 Å². The molecule has 0 spiro atoms. The number of furan rings is 1. The standard InChI is InChI=1S/C24H24N4O2/c1-18-8-6-11-20(16-18)28-22(14-13-19-9-4-3-5-10-19)25-23(26-28)24(29)27(2)17-21-12-7-15-30-21/h3-12,15-16H,13-14,17H2,1-2H3. The van der Waals surface area contributed by atoms with Crippen LogP contribution in [0.25, 0.3) is 5.69 Å². The summed E-state index contributed by atoms with van der Waals surface area (Å²) in [5.41, 5.74) is 3.25. The van der Waals surface area contributed by atoms with Gasteiger partial charge in [0.15, 0.2) is 0 Å². The van der Waals surface area contributed by atoms with Gasteiger partial charge < -0.3 is 9.32 Å². The summed E-state index contributed by atoms with van der Waals surface area (Å²) in [6.45, 7) is 2.40. The fraction of sp³-hybridized carbons (Fsp3) is 0.208. The van der Waals surface area contributed by atoms with Crippen LogP contribution in [0.2, 0.25) is 0 Å². The lowest BCUT2D eigenvalue weighted by molar-refractivity contribution is 0.0763. The van der Waals surface area contributed by atoms with E-state index in [9.17, 15) is 4.79 Å². The topological polar surface area (TPSA) is 64.2 Å². The second-order valence-corrected chi connectivity index (χ2v) is 7.33. The first kappa shape index (κ1) is 19.6. The summed E-state index contributed by atoms with van der Waals surface area (Å²) in [4.78, 5) is 19.1. The quantitative estimate of drug-likeness (QED) is 0.466. The van der Waals surface area contributed by atoms with Gasteiger partial charge in [-0.1, -0.05) is 42.5 Å². The van der Waals surface area contributed by atoms with E-state index in [1.165, 1.54) is 5.56 Å². The van der Waals surface area contributed by atoms with E-state index in [2.05, 4.69) is 22.2 Å². The van der Waals surface area contributed by atoms with Crippen LogP contribution in [0, 0.1) is 6.92 Å². The van der Waals surface area contributed by atoms with E-state index in [0.717, 1.165) is 23.5 Å². The molecule has 2 aromatic heterocycles. The molecular weight excluding hydrogens is 376 g/mol. The Bertz CT molecular complexity index is 1120. The number of aromatic nitrogens is 3. The molecule has 1 amide bonds. The molecular formula is C24H24N4O2. The minimum Gasteiger partial charge on any atom is -0.467 e. The Morgan fingerprint density at radius 2 is 1.87 bits per heavy atom. The van der Waals surface area contributed by atoms with Gasteiger partial charge >= 0.3 is 0 Å². The Labute approximate surface area is 175 Å². The molecule has 0 radical (unpaired) electrons. The SMILES string of the molecule is Cc1cccc(-n2nc(C(=O)N(C)Cc3ccco3)nc2CCc2ccccc2)c1. The first-order valence-electron chi connectivity index (χ1n) is 9.95. The molecule has 0 N–H and O–H groups in total. The van der Waals surface area contributed by atoms with Crippen molar-refractivity contribution in [2.45, 2.75) is 26.3 Å². The Hall–Kier alpha value is -3.67. The van der Waals surface area contributed by atoms with Crippen LogP contribution in [-0.4, -0.2) is 32.6 Å². The molecule has 6 heteroatoms. The lowest BCUT2D eigenvalue weighted by Crippen LogP contribution is -2.27. The Morgan fingerprint density at radius 1 is 1.03 bits per heavy atom. The Morgan fingerprint density at radius 3 is 2.60 bits per heavy atom. The van der Waals surface area contributed by atoms with Crippen LogP contribution < -0.4 is 0 Å². The van der Waals surface area contributed by atoms with Crippen molar-refractivity contribution in [2.75, 3.05) is 7.05 Å². The van der Waals surface area contributed by atoms with Gasteiger partial charge in [0.25, 0.3) is 5.91 Å². The van der Waals surface area contributed by atoms with Gasteiger partial charge in [-0.05, 0) is 48.7 Å². The number of carbonyl (C=O) groups excluding carboxylic acids is 1. The summed E-state index contributed by atoms with van der Waals surface area (Å²) in [5.74, 6) is 1.43. The van der Waals surface area contributed by atoms with Gasteiger partial charge in [-0.2, -0.15) is 0 Å². The highest BCUT2D eigenvalue weighted by Gasteiger charge is 2.21. The Kier molecular flexibility index (Phi) is 5.75. The maximum Gasteiger partial charge on any atom is 0.293 e. The van der Waals surface area contributed by atoms with Crippen LogP contribution in [0.4, 0.5) is 0 Å². The van der Waals surface area contributed by atoms with Gasteiger partial charge in [0.05, 0.1) is 18.5 Å². The molecule has 0 fully saturated rings. The molecule has 0 bridgehead atoms. The third-order valence-corrected chi connectivity index (χ3v) is 4.91. The Balaban J connectivity index is 1.61. The largest absolute Gasteiger partial charge is 0.467 e. The normalized spacial score (nSPS) is 10.9. The molecule has 2 aromatic carbocycles. The maximum atomic E-state index is 13.0. The predicted octanol–water partition coefficient (Wildman–Crippen LogP) is 4.23. The number of hydrogen-bond acceptors (Lipinski definition) is 4. The molecule has 4 aromatic rings. The lowest BCUT2D eigenvalue weighted by Gasteiger charge is -2.13. The summed E-state index contributed by atoms with van der Waals surface area (Å²) >= 11 is 0. The number of rotatable bonds is 7. The number of amides is 1. The summed E-state index contributed by atoms with van der Waals surface area (Å²) in [5, 5.41) is 4.57. The van der Waals surface area contributed by atoms with Crippen molar-refractivity contribution in [1.29, 1.82) is 0 Å². The molecule has 2 heterocycles. The summed E-state index contributed by atoms with van der Waals surface area (Å²) in [6.07, 6.45) is 3.10. The van der Waals surface area contributed by atoms with E-state index in [1.54, 1.807) is 29.0 Å². The van der Waals surface area contributed by atoms with Gasteiger partial charge in [0.1, 0.15) is 11.6 Å². The summed E-state index contributed by atoms with van der Waals surface area (Å²) in [7, 11) is 1.72. The first-order valence-corrected chi connectivity index (χ1v) is 9.95. The molecule has 0 unspecified atom stereocenters. The van der Waals surface area contributed by atoms with Crippen molar-refractivity contribution < 1.29 is 9.21 Å². The second kappa shape index (κ2) is 8.78. The van der Waals surface area contributed by atoms with Crippen molar-refractivity contribution in [3.63, 3.8) is 0 Å². The smallest absolute Gasteiger partial charge is 0.293 e. The highest BCUT2D eigenvalue weighted by Crippen LogP contribution is 2.16. The third-order valence-electron chi connectivity index (χ3n) is 4.91. The highest BCUT2D eigenvalue weighted by molar-refractivity contribution is 5.90. The van der Waals surface area contributed by atoms with Gasteiger partial charge in [-0.25, -0.2) is 9.67 Å².